The SMILES string of the molecule is Ic1cncnc1NC(c1ccccc1)c1ccccc1. The second kappa shape index (κ2) is 6.67. The smallest absolute Gasteiger partial charge is 0.143 e. The summed E-state index contributed by atoms with van der Waals surface area (Å²) in [6, 6.07) is 20.8. The predicted octanol–water partition coefficient (Wildman–Crippen LogP) is 4.28. The van der Waals surface area contributed by atoms with Gasteiger partial charge < -0.3 is 5.32 Å². The van der Waals surface area contributed by atoms with Crippen molar-refractivity contribution in [1.82, 2.24) is 9.97 Å². The number of hydrogen-bond acceptors (Lipinski definition) is 3. The lowest BCUT2D eigenvalue weighted by atomic mass is 9.99. The van der Waals surface area contributed by atoms with Crippen LogP contribution in [-0.2, 0) is 0 Å². The number of anilines is 1. The molecule has 0 aliphatic heterocycles. The summed E-state index contributed by atoms with van der Waals surface area (Å²) in [4.78, 5) is 8.38. The minimum atomic E-state index is 0.0656. The topological polar surface area (TPSA) is 37.8 Å². The van der Waals surface area contributed by atoms with Gasteiger partial charge in [-0.25, -0.2) is 9.97 Å². The summed E-state index contributed by atoms with van der Waals surface area (Å²) in [5.41, 5.74) is 2.41. The Kier molecular flexibility index (Phi) is 4.45. The molecule has 0 amide bonds. The molecular formula is C17H14IN3. The van der Waals surface area contributed by atoms with Gasteiger partial charge in [-0.2, -0.15) is 0 Å². The molecule has 21 heavy (non-hydrogen) atoms. The number of rotatable bonds is 4. The molecule has 0 bridgehead atoms. The minimum Gasteiger partial charge on any atom is -0.358 e. The van der Waals surface area contributed by atoms with E-state index >= 15 is 0 Å². The Morgan fingerprint density at radius 3 is 1.95 bits per heavy atom. The molecule has 0 unspecified atom stereocenters. The van der Waals surface area contributed by atoms with Gasteiger partial charge in [-0.1, -0.05) is 60.7 Å². The zero-order chi connectivity index (χ0) is 14.5. The number of benzene rings is 2. The number of nitrogens with zero attached hydrogens (tertiary/aromatic N) is 2. The van der Waals surface area contributed by atoms with Crippen LogP contribution in [0.1, 0.15) is 17.2 Å². The fraction of sp³-hybridized carbons (Fsp3) is 0.0588. The molecule has 0 radical (unpaired) electrons. The monoisotopic (exact) mass is 387 g/mol. The van der Waals surface area contributed by atoms with Crippen LogP contribution in [0, 0.1) is 3.57 Å². The second-order valence-electron chi connectivity index (χ2n) is 4.62. The van der Waals surface area contributed by atoms with Crippen LogP contribution in [0.4, 0.5) is 5.82 Å². The number of aromatic nitrogens is 2. The predicted molar refractivity (Wildman–Crippen MR) is 93.1 cm³/mol. The van der Waals surface area contributed by atoms with E-state index in [2.05, 4.69) is 86.4 Å². The van der Waals surface area contributed by atoms with Crippen LogP contribution in [0.15, 0.2) is 73.2 Å². The molecule has 4 heteroatoms. The van der Waals surface area contributed by atoms with Crippen LogP contribution in [0.5, 0.6) is 0 Å². The van der Waals surface area contributed by atoms with Crippen molar-refractivity contribution < 1.29 is 0 Å². The lowest BCUT2D eigenvalue weighted by Crippen LogP contribution is -2.14. The van der Waals surface area contributed by atoms with Gasteiger partial charge in [0.1, 0.15) is 12.1 Å². The van der Waals surface area contributed by atoms with Gasteiger partial charge in [-0.05, 0) is 33.7 Å². The number of halogens is 1. The zero-order valence-electron chi connectivity index (χ0n) is 11.3. The van der Waals surface area contributed by atoms with Crippen molar-refractivity contribution in [3.63, 3.8) is 0 Å². The van der Waals surface area contributed by atoms with Crippen molar-refractivity contribution in [2.24, 2.45) is 0 Å². The summed E-state index contributed by atoms with van der Waals surface area (Å²) >= 11 is 2.24. The van der Waals surface area contributed by atoms with E-state index in [9.17, 15) is 0 Å². The van der Waals surface area contributed by atoms with E-state index in [0.29, 0.717) is 0 Å². The molecule has 1 aromatic heterocycles. The molecular weight excluding hydrogens is 373 g/mol. The van der Waals surface area contributed by atoms with Gasteiger partial charge in [-0.15, -0.1) is 0 Å². The maximum Gasteiger partial charge on any atom is 0.143 e. The molecule has 0 saturated heterocycles. The highest BCUT2D eigenvalue weighted by atomic mass is 127. The van der Waals surface area contributed by atoms with Gasteiger partial charge in [0.2, 0.25) is 0 Å². The molecule has 3 nitrogen and oxygen atoms in total. The summed E-state index contributed by atoms with van der Waals surface area (Å²) in [5, 5.41) is 3.52. The van der Waals surface area contributed by atoms with Crippen LogP contribution < -0.4 is 5.32 Å². The largest absolute Gasteiger partial charge is 0.358 e. The van der Waals surface area contributed by atoms with E-state index < -0.39 is 0 Å². The van der Waals surface area contributed by atoms with E-state index in [1.54, 1.807) is 6.33 Å². The Bertz CT molecular complexity index is 662. The maximum absolute atomic E-state index is 4.34. The highest BCUT2D eigenvalue weighted by Gasteiger charge is 2.15. The van der Waals surface area contributed by atoms with E-state index in [-0.39, 0.29) is 6.04 Å². The number of hydrogen-bond donors (Lipinski definition) is 1. The van der Waals surface area contributed by atoms with E-state index in [1.165, 1.54) is 11.1 Å². The number of nitrogens with one attached hydrogen (secondary N) is 1. The van der Waals surface area contributed by atoms with Crippen LogP contribution in [0.2, 0.25) is 0 Å². The normalized spacial score (nSPS) is 10.6. The van der Waals surface area contributed by atoms with Crippen molar-refractivity contribution >= 4 is 28.4 Å². The molecule has 3 rings (SSSR count). The molecule has 0 atom stereocenters. The summed E-state index contributed by atoms with van der Waals surface area (Å²) in [6.45, 7) is 0. The van der Waals surface area contributed by atoms with Crippen molar-refractivity contribution in [2.75, 3.05) is 5.32 Å². The molecule has 3 aromatic rings. The molecule has 0 aliphatic rings. The van der Waals surface area contributed by atoms with Gasteiger partial charge in [0.15, 0.2) is 0 Å². The molecule has 1 heterocycles. The average Bonchev–Trinajstić information content (AvgIpc) is 2.56. The fourth-order valence-electron chi connectivity index (χ4n) is 2.21. The standard InChI is InChI=1S/C17H14IN3/c18-15-11-19-12-20-17(15)21-16(13-7-3-1-4-8-13)14-9-5-2-6-10-14/h1-12,16H,(H,19,20,21). The van der Waals surface area contributed by atoms with Gasteiger partial charge in [0.05, 0.1) is 9.61 Å². The lowest BCUT2D eigenvalue weighted by molar-refractivity contribution is 0.919. The quantitative estimate of drug-likeness (QED) is 0.679. The van der Waals surface area contributed by atoms with E-state index in [0.717, 1.165) is 9.39 Å². The molecule has 0 aliphatic carbocycles. The van der Waals surface area contributed by atoms with Crippen LogP contribution >= 0.6 is 22.6 Å². The Morgan fingerprint density at radius 2 is 1.43 bits per heavy atom. The molecule has 0 fully saturated rings. The second-order valence-corrected chi connectivity index (χ2v) is 5.78. The first-order chi connectivity index (χ1) is 10.3. The fourth-order valence-corrected chi connectivity index (χ4v) is 2.66. The molecule has 1 N–H and O–H groups in total. The average molecular weight is 387 g/mol. The zero-order valence-corrected chi connectivity index (χ0v) is 13.4. The molecule has 0 saturated carbocycles. The Hall–Kier alpha value is -1.95. The van der Waals surface area contributed by atoms with Gasteiger partial charge in [-0.3, -0.25) is 0 Å². The van der Waals surface area contributed by atoms with Crippen LogP contribution in [0.3, 0.4) is 0 Å². The molecule has 0 spiro atoms. The maximum atomic E-state index is 4.34. The lowest BCUT2D eigenvalue weighted by Gasteiger charge is -2.21. The first kappa shape index (κ1) is 14.0. The van der Waals surface area contributed by atoms with Gasteiger partial charge in [0, 0.05) is 6.20 Å². The Labute approximate surface area is 137 Å². The van der Waals surface area contributed by atoms with Gasteiger partial charge in [0.25, 0.3) is 0 Å². The van der Waals surface area contributed by atoms with Crippen molar-refractivity contribution in [1.29, 1.82) is 0 Å². The van der Waals surface area contributed by atoms with E-state index in [1.807, 2.05) is 18.3 Å². The molecule has 2 aromatic carbocycles. The first-order valence-electron chi connectivity index (χ1n) is 6.66. The van der Waals surface area contributed by atoms with Gasteiger partial charge >= 0.3 is 0 Å². The Balaban J connectivity index is 1.99. The van der Waals surface area contributed by atoms with Crippen molar-refractivity contribution in [2.45, 2.75) is 6.04 Å². The molecule has 104 valence electrons. The summed E-state index contributed by atoms with van der Waals surface area (Å²) in [6.07, 6.45) is 3.38. The third-order valence-electron chi connectivity index (χ3n) is 3.21. The minimum absolute atomic E-state index is 0.0656. The highest BCUT2D eigenvalue weighted by Crippen LogP contribution is 2.27. The third-order valence-corrected chi connectivity index (χ3v) is 4.00. The van der Waals surface area contributed by atoms with E-state index in [4.69, 9.17) is 0 Å². The third kappa shape index (κ3) is 3.39. The summed E-state index contributed by atoms with van der Waals surface area (Å²) in [7, 11) is 0. The first-order valence-corrected chi connectivity index (χ1v) is 7.74. The van der Waals surface area contributed by atoms with Crippen molar-refractivity contribution in [3.8, 4) is 0 Å². The van der Waals surface area contributed by atoms with Crippen LogP contribution in [-0.4, -0.2) is 9.97 Å². The van der Waals surface area contributed by atoms with Crippen LogP contribution in [0.25, 0.3) is 0 Å². The Morgan fingerprint density at radius 1 is 0.857 bits per heavy atom. The highest BCUT2D eigenvalue weighted by molar-refractivity contribution is 14.1. The summed E-state index contributed by atoms with van der Waals surface area (Å²) < 4.78 is 1.01. The van der Waals surface area contributed by atoms with Crippen molar-refractivity contribution in [3.05, 3.63) is 87.9 Å². The summed E-state index contributed by atoms with van der Waals surface area (Å²) in [5.74, 6) is 0.850.